The highest BCUT2D eigenvalue weighted by molar-refractivity contribution is 5.34. The fraction of sp³-hybridized carbons (Fsp3) is 0.438. The summed E-state index contributed by atoms with van der Waals surface area (Å²) >= 11 is 0. The zero-order valence-corrected chi connectivity index (χ0v) is 13.3. The second kappa shape index (κ2) is 6.24. The molecule has 0 aliphatic rings. The maximum atomic E-state index is 14.0. The number of hydrogen-bond acceptors (Lipinski definition) is 4. The Morgan fingerprint density at radius 1 is 1.41 bits per heavy atom. The van der Waals surface area contributed by atoms with Gasteiger partial charge in [-0.3, -0.25) is 0 Å². The quantitative estimate of drug-likeness (QED) is 0.943. The van der Waals surface area contributed by atoms with E-state index in [9.17, 15) is 4.39 Å². The minimum absolute atomic E-state index is 0.156. The van der Waals surface area contributed by atoms with Crippen molar-refractivity contribution in [3.05, 3.63) is 47.3 Å². The van der Waals surface area contributed by atoms with Crippen molar-refractivity contribution in [2.75, 3.05) is 0 Å². The van der Waals surface area contributed by atoms with E-state index in [0.29, 0.717) is 17.7 Å². The standard InChI is InChI=1S/C16H20FN5/c1-11(13-6-5-12(8-18)7-14(13)17)19-9-15-20-10-21-22(15)16(2,3)4/h5-7,10-11,19H,9H2,1-4H3/t11-/m0/s1. The summed E-state index contributed by atoms with van der Waals surface area (Å²) in [6, 6.07) is 6.25. The van der Waals surface area contributed by atoms with Crippen molar-refractivity contribution < 1.29 is 4.39 Å². The molecule has 0 aliphatic carbocycles. The van der Waals surface area contributed by atoms with Crippen LogP contribution in [-0.2, 0) is 12.1 Å². The minimum Gasteiger partial charge on any atom is -0.303 e. The number of nitriles is 1. The summed E-state index contributed by atoms with van der Waals surface area (Å²) in [6.07, 6.45) is 1.52. The summed E-state index contributed by atoms with van der Waals surface area (Å²) in [5, 5.41) is 16.3. The average molecular weight is 301 g/mol. The van der Waals surface area contributed by atoms with Crippen LogP contribution in [0.2, 0.25) is 0 Å². The number of benzene rings is 1. The first-order valence-corrected chi connectivity index (χ1v) is 7.15. The van der Waals surface area contributed by atoms with Crippen molar-refractivity contribution in [2.24, 2.45) is 0 Å². The van der Waals surface area contributed by atoms with E-state index >= 15 is 0 Å². The van der Waals surface area contributed by atoms with Crippen LogP contribution < -0.4 is 5.32 Å². The summed E-state index contributed by atoms with van der Waals surface area (Å²) in [4.78, 5) is 4.25. The monoisotopic (exact) mass is 301 g/mol. The molecule has 2 aromatic rings. The maximum absolute atomic E-state index is 14.0. The molecule has 1 aromatic carbocycles. The molecular formula is C16H20FN5. The lowest BCUT2D eigenvalue weighted by atomic mass is 10.1. The number of nitrogens with one attached hydrogen (secondary N) is 1. The highest BCUT2D eigenvalue weighted by atomic mass is 19.1. The minimum atomic E-state index is -0.378. The molecule has 1 N–H and O–H groups in total. The Bertz CT molecular complexity index is 693. The molecule has 22 heavy (non-hydrogen) atoms. The Balaban J connectivity index is 2.10. The Morgan fingerprint density at radius 3 is 2.73 bits per heavy atom. The fourth-order valence-electron chi connectivity index (χ4n) is 2.25. The molecule has 1 heterocycles. The molecule has 0 bridgehead atoms. The first-order valence-electron chi connectivity index (χ1n) is 7.15. The fourth-order valence-corrected chi connectivity index (χ4v) is 2.25. The van der Waals surface area contributed by atoms with Gasteiger partial charge in [0.05, 0.1) is 23.7 Å². The lowest BCUT2D eigenvalue weighted by Crippen LogP contribution is -2.29. The predicted molar refractivity (Wildman–Crippen MR) is 81.4 cm³/mol. The SMILES string of the molecule is C[C@H](NCc1ncnn1C(C)(C)C)c1ccc(C#N)cc1F. The van der Waals surface area contributed by atoms with Gasteiger partial charge in [-0.2, -0.15) is 10.4 Å². The van der Waals surface area contributed by atoms with Crippen LogP contribution in [0.5, 0.6) is 0 Å². The van der Waals surface area contributed by atoms with Crippen molar-refractivity contribution in [3.8, 4) is 6.07 Å². The highest BCUT2D eigenvalue weighted by Crippen LogP contribution is 2.19. The third kappa shape index (κ3) is 3.49. The van der Waals surface area contributed by atoms with Crippen molar-refractivity contribution >= 4 is 0 Å². The first kappa shape index (κ1) is 16.1. The number of hydrogen-bond donors (Lipinski definition) is 1. The third-order valence-corrected chi connectivity index (χ3v) is 3.42. The van der Waals surface area contributed by atoms with E-state index in [1.807, 2.05) is 17.7 Å². The van der Waals surface area contributed by atoms with E-state index in [-0.39, 0.29) is 17.4 Å². The number of aromatic nitrogens is 3. The van der Waals surface area contributed by atoms with Crippen LogP contribution in [-0.4, -0.2) is 14.8 Å². The van der Waals surface area contributed by atoms with Gasteiger partial charge in [-0.1, -0.05) is 6.07 Å². The van der Waals surface area contributed by atoms with Crippen molar-refractivity contribution in [2.45, 2.75) is 45.8 Å². The molecule has 0 amide bonds. The van der Waals surface area contributed by atoms with Gasteiger partial charge in [0, 0.05) is 11.6 Å². The Morgan fingerprint density at radius 2 is 2.14 bits per heavy atom. The molecule has 1 atom stereocenters. The summed E-state index contributed by atoms with van der Waals surface area (Å²) in [5.41, 5.74) is 0.693. The van der Waals surface area contributed by atoms with Crippen LogP contribution in [0.1, 0.15) is 50.7 Å². The lowest BCUT2D eigenvalue weighted by Gasteiger charge is -2.22. The third-order valence-electron chi connectivity index (χ3n) is 3.42. The normalized spacial score (nSPS) is 12.9. The molecule has 116 valence electrons. The van der Waals surface area contributed by atoms with Gasteiger partial charge in [-0.15, -0.1) is 0 Å². The van der Waals surface area contributed by atoms with Gasteiger partial charge in [0.25, 0.3) is 0 Å². The Kier molecular flexibility index (Phi) is 4.57. The number of halogens is 1. The molecule has 5 nitrogen and oxygen atoms in total. The van der Waals surface area contributed by atoms with Gasteiger partial charge in [0.1, 0.15) is 18.0 Å². The second-order valence-electron chi connectivity index (χ2n) is 6.21. The molecule has 0 unspecified atom stereocenters. The average Bonchev–Trinajstić information content (AvgIpc) is 2.93. The second-order valence-corrected chi connectivity index (χ2v) is 6.21. The zero-order chi connectivity index (χ0) is 16.3. The summed E-state index contributed by atoms with van der Waals surface area (Å²) in [7, 11) is 0. The van der Waals surface area contributed by atoms with Crippen molar-refractivity contribution in [1.82, 2.24) is 20.1 Å². The molecule has 2 rings (SSSR count). The highest BCUT2D eigenvalue weighted by Gasteiger charge is 2.19. The van der Waals surface area contributed by atoms with Crippen LogP contribution in [0.3, 0.4) is 0 Å². The summed E-state index contributed by atoms with van der Waals surface area (Å²) in [5.74, 6) is 0.421. The molecule has 6 heteroatoms. The summed E-state index contributed by atoms with van der Waals surface area (Å²) in [6.45, 7) is 8.51. The zero-order valence-electron chi connectivity index (χ0n) is 13.3. The Hall–Kier alpha value is -2.26. The van der Waals surface area contributed by atoms with Gasteiger partial charge >= 0.3 is 0 Å². The molecule has 0 saturated carbocycles. The molecule has 0 fully saturated rings. The molecule has 1 aromatic heterocycles. The maximum Gasteiger partial charge on any atom is 0.141 e. The van der Waals surface area contributed by atoms with Crippen LogP contribution in [0.15, 0.2) is 24.5 Å². The van der Waals surface area contributed by atoms with Crippen LogP contribution >= 0.6 is 0 Å². The summed E-state index contributed by atoms with van der Waals surface area (Å²) < 4.78 is 15.8. The molecule has 0 spiro atoms. The topological polar surface area (TPSA) is 66.5 Å². The van der Waals surface area contributed by atoms with E-state index in [1.54, 1.807) is 12.1 Å². The van der Waals surface area contributed by atoms with Gasteiger partial charge in [-0.05, 0) is 39.8 Å². The van der Waals surface area contributed by atoms with Crippen molar-refractivity contribution in [1.29, 1.82) is 5.26 Å². The van der Waals surface area contributed by atoms with Crippen LogP contribution in [0.25, 0.3) is 0 Å². The van der Waals surface area contributed by atoms with E-state index < -0.39 is 0 Å². The number of rotatable bonds is 4. The smallest absolute Gasteiger partial charge is 0.141 e. The van der Waals surface area contributed by atoms with E-state index in [4.69, 9.17) is 5.26 Å². The van der Waals surface area contributed by atoms with Gasteiger partial charge < -0.3 is 5.32 Å². The first-order chi connectivity index (χ1) is 10.3. The van der Waals surface area contributed by atoms with Crippen LogP contribution in [0, 0.1) is 17.1 Å². The number of nitrogens with zero attached hydrogens (tertiary/aromatic N) is 4. The predicted octanol–water partition coefficient (Wildman–Crippen LogP) is 2.89. The van der Waals surface area contributed by atoms with Crippen LogP contribution in [0.4, 0.5) is 4.39 Å². The van der Waals surface area contributed by atoms with E-state index in [2.05, 4.69) is 36.2 Å². The van der Waals surface area contributed by atoms with Crippen molar-refractivity contribution in [3.63, 3.8) is 0 Å². The largest absolute Gasteiger partial charge is 0.303 e. The van der Waals surface area contributed by atoms with Gasteiger partial charge in [0.2, 0.25) is 0 Å². The molecule has 0 radical (unpaired) electrons. The van der Waals surface area contributed by atoms with E-state index in [0.717, 1.165) is 5.82 Å². The Labute approximate surface area is 129 Å². The molecular weight excluding hydrogens is 281 g/mol. The van der Waals surface area contributed by atoms with Gasteiger partial charge in [-0.25, -0.2) is 14.1 Å². The molecule has 0 aliphatic heterocycles. The molecule has 0 saturated heterocycles. The lowest BCUT2D eigenvalue weighted by molar-refractivity contribution is 0.335. The van der Waals surface area contributed by atoms with Gasteiger partial charge in [0.15, 0.2) is 0 Å². The van der Waals surface area contributed by atoms with E-state index in [1.165, 1.54) is 12.4 Å².